The molecule has 0 spiro atoms. The monoisotopic (exact) mass is 658 g/mol. The molecule has 2 amide bonds. The number of carbonyl (C=O) groups excluding carboxylic acids is 3. The summed E-state index contributed by atoms with van der Waals surface area (Å²) >= 11 is 3.42. The maximum atomic E-state index is 13.7. The highest BCUT2D eigenvalue weighted by Crippen LogP contribution is 2.33. The van der Waals surface area contributed by atoms with Crippen molar-refractivity contribution in [3.05, 3.63) is 70.0 Å². The fourth-order valence-corrected chi connectivity index (χ4v) is 6.13. The number of hydrogen-bond acceptors (Lipinski definition) is 6. The number of carbonyl (C=O) groups is 3. The van der Waals surface area contributed by atoms with Crippen molar-refractivity contribution in [1.82, 2.24) is 24.4 Å². The first-order chi connectivity index (χ1) is 21.1. The number of aromatic nitrogens is 4. The van der Waals surface area contributed by atoms with Crippen LogP contribution in [0.3, 0.4) is 0 Å². The summed E-state index contributed by atoms with van der Waals surface area (Å²) in [6.45, 7) is 5.11. The van der Waals surface area contributed by atoms with Gasteiger partial charge in [-0.15, -0.1) is 0 Å². The molecule has 4 heterocycles. The summed E-state index contributed by atoms with van der Waals surface area (Å²) in [5.41, 5.74) is 5.33. The van der Waals surface area contributed by atoms with Gasteiger partial charge in [0.05, 0.1) is 5.52 Å². The summed E-state index contributed by atoms with van der Waals surface area (Å²) in [6.07, 6.45) is 13.5. The van der Waals surface area contributed by atoms with Gasteiger partial charge in [0, 0.05) is 42.2 Å². The Morgan fingerprint density at radius 2 is 1.61 bits per heavy atom. The van der Waals surface area contributed by atoms with Gasteiger partial charge in [0.1, 0.15) is 28.8 Å². The average molecular weight is 660 g/mol. The lowest BCUT2D eigenvalue weighted by Crippen LogP contribution is -2.44. The first-order valence-corrected chi connectivity index (χ1v) is 16.1. The standard InChI is InChI=1S/C34H39BrN6O3/c1-21-34(44)39-33-24(13-14-30(35)38-33)11-9-7-5-6-8-10-12-25-15-26(27-17-36-23(3)37-18-27)16-28-29(22(2)42)19-41(32(25)28)20-31(43)40(21)4/h13-19,21H,5-12,20H2,1-4H3,(H,38,39,44)/t21-/m0/s1. The van der Waals surface area contributed by atoms with E-state index in [0.29, 0.717) is 21.8 Å². The van der Waals surface area contributed by atoms with Crippen LogP contribution >= 0.6 is 15.9 Å². The normalized spacial score (nSPS) is 17.4. The molecule has 1 aliphatic rings. The van der Waals surface area contributed by atoms with Gasteiger partial charge in [-0.05, 0) is 97.3 Å². The largest absolute Gasteiger partial charge is 0.337 e. The Balaban J connectivity index is 1.53. The molecule has 1 aromatic carbocycles. The highest BCUT2D eigenvalue weighted by molar-refractivity contribution is 9.10. The number of benzene rings is 1. The van der Waals surface area contributed by atoms with Crippen LogP contribution in [-0.2, 0) is 29.0 Å². The van der Waals surface area contributed by atoms with Gasteiger partial charge in [-0.1, -0.05) is 31.7 Å². The molecule has 0 unspecified atom stereocenters. The number of hydrogen-bond donors (Lipinski definition) is 1. The maximum Gasteiger partial charge on any atom is 0.248 e. The van der Waals surface area contributed by atoms with Gasteiger partial charge in [-0.3, -0.25) is 14.4 Å². The van der Waals surface area contributed by atoms with Gasteiger partial charge >= 0.3 is 0 Å². The number of pyridine rings is 1. The fourth-order valence-electron chi connectivity index (χ4n) is 5.82. The number of nitrogens with one attached hydrogen (secondary N) is 1. The number of aryl methyl sites for hydroxylation is 3. The minimum atomic E-state index is -0.736. The predicted octanol–water partition coefficient (Wildman–Crippen LogP) is 6.69. The molecule has 0 saturated carbocycles. The second-order valence-corrected chi connectivity index (χ2v) is 12.5. The number of Topliss-reactive ketones (excluding diaryl/α,β-unsaturated/α-hetero) is 1. The van der Waals surface area contributed by atoms with E-state index in [0.717, 1.165) is 84.5 Å². The minimum absolute atomic E-state index is 0.00171. The molecule has 44 heavy (non-hydrogen) atoms. The Labute approximate surface area is 266 Å². The third-order valence-electron chi connectivity index (χ3n) is 8.53. The zero-order chi connectivity index (χ0) is 31.4. The summed E-state index contributed by atoms with van der Waals surface area (Å²) < 4.78 is 2.52. The van der Waals surface area contributed by atoms with Crippen molar-refractivity contribution >= 4 is 50.2 Å². The van der Waals surface area contributed by atoms with Crippen LogP contribution in [0.1, 0.15) is 79.7 Å². The van der Waals surface area contributed by atoms with Crippen LogP contribution in [0.5, 0.6) is 0 Å². The van der Waals surface area contributed by atoms with E-state index >= 15 is 0 Å². The molecule has 4 aromatic rings. The van der Waals surface area contributed by atoms with Gasteiger partial charge < -0.3 is 14.8 Å². The van der Waals surface area contributed by atoms with E-state index in [1.807, 2.05) is 42.1 Å². The van der Waals surface area contributed by atoms with Crippen molar-refractivity contribution in [3.8, 4) is 11.1 Å². The van der Waals surface area contributed by atoms with Crippen molar-refractivity contribution < 1.29 is 14.4 Å². The predicted molar refractivity (Wildman–Crippen MR) is 176 cm³/mol. The second-order valence-electron chi connectivity index (χ2n) is 11.7. The molecule has 3 aromatic heterocycles. The quantitative estimate of drug-likeness (QED) is 0.190. The smallest absolute Gasteiger partial charge is 0.248 e. The van der Waals surface area contributed by atoms with Crippen molar-refractivity contribution in [1.29, 1.82) is 0 Å². The van der Waals surface area contributed by atoms with Crippen LogP contribution in [0.4, 0.5) is 5.82 Å². The van der Waals surface area contributed by atoms with Gasteiger partial charge in [0.15, 0.2) is 5.78 Å². The molecule has 1 N–H and O–H groups in total. The number of rotatable bonds is 2. The lowest BCUT2D eigenvalue weighted by Gasteiger charge is -2.25. The summed E-state index contributed by atoms with van der Waals surface area (Å²) in [5.74, 6) is 0.605. The number of halogens is 1. The lowest BCUT2D eigenvalue weighted by atomic mass is 9.96. The van der Waals surface area contributed by atoms with E-state index < -0.39 is 6.04 Å². The van der Waals surface area contributed by atoms with E-state index in [1.165, 1.54) is 4.90 Å². The van der Waals surface area contributed by atoms with E-state index in [4.69, 9.17) is 0 Å². The van der Waals surface area contributed by atoms with Gasteiger partial charge in [0.2, 0.25) is 11.8 Å². The molecule has 0 fully saturated rings. The third-order valence-corrected chi connectivity index (χ3v) is 8.97. The number of nitrogens with zero attached hydrogens (tertiary/aromatic N) is 5. The minimum Gasteiger partial charge on any atom is -0.337 e. The molecule has 0 bridgehead atoms. The van der Waals surface area contributed by atoms with Crippen molar-refractivity contribution in [3.63, 3.8) is 0 Å². The van der Waals surface area contributed by atoms with Crippen LogP contribution in [0.25, 0.3) is 22.0 Å². The van der Waals surface area contributed by atoms with E-state index in [-0.39, 0.29) is 24.1 Å². The van der Waals surface area contributed by atoms with E-state index in [1.54, 1.807) is 27.1 Å². The first kappa shape index (κ1) is 31.5. The van der Waals surface area contributed by atoms with Crippen molar-refractivity contribution in [2.75, 3.05) is 12.4 Å². The Bertz CT molecular complexity index is 1700. The van der Waals surface area contributed by atoms with Crippen LogP contribution in [0.15, 0.2) is 47.5 Å². The SMILES string of the molecule is CC(=O)c1cn2c3c(cc(-c4cnc(C)nc4)cc13)CCCCCCCCc1ccc(Br)nc1NC(=O)[C@H](C)N(C)C(=O)C2. The molecule has 230 valence electrons. The molecule has 0 radical (unpaired) electrons. The second kappa shape index (κ2) is 13.8. The summed E-state index contributed by atoms with van der Waals surface area (Å²) in [6, 6.07) is 7.29. The molecule has 10 heteroatoms. The molecule has 1 atom stereocenters. The molecule has 0 saturated heterocycles. The van der Waals surface area contributed by atoms with Crippen molar-refractivity contribution in [2.45, 2.75) is 84.7 Å². The summed E-state index contributed by atoms with van der Waals surface area (Å²) in [4.78, 5) is 54.6. The number of ketones is 1. The number of fused-ring (bicyclic) bond motifs is 1. The zero-order valence-electron chi connectivity index (χ0n) is 25.8. The Hall–Kier alpha value is -3.92. The highest BCUT2D eigenvalue weighted by Gasteiger charge is 2.26. The Morgan fingerprint density at radius 3 is 2.30 bits per heavy atom. The number of anilines is 1. The Morgan fingerprint density at radius 1 is 0.955 bits per heavy atom. The topological polar surface area (TPSA) is 110 Å². The first-order valence-electron chi connectivity index (χ1n) is 15.3. The number of likely N-dealkylation sites (N-methyl/N-ethyl adjacent to an activating group) is 1. The maximum absolute atomic E-state index is 13.7. The van der Waals surface area contributed by atoms with Crippen LogP contribution in [0.2, 0.25) is 0 Å². The molecular formula is C34H39BrN6O3. The van der Waals surface area contributed by atoms with Crippen LogP contribution in [0, 0.1) is 6.92 Å². The average Bonchev–Trinajstić information content (AvgIpc) is 3.37. The van der Waals surface area contributed by atoms with Gasteiger partial charge in [0.25, 0.3) is 0 Å². The molecule has 0 aliphatic carbocycles. The van der Waals surface area contributed by atoms with Gasteiger partial charge in [-0.2, -0.15) is 0 Å². The van der Waals surface area contributed by atoms with Crippen LogP contribution < -0.4 is 5.32 Å². The van der Waals surface area contributed by atoms with Crippen LogP contribution in [-0.4, -0.2) is 55.1 Å². The van der Waals surface area contributed by atoms with Gasteiger partial charge in [-0.25, -0.2) is 15.0 Å². The molecule has 1 aliphatic heterocycles. The lowest BCUT2D eigenvalue weighted by molar-refractivity contribution is -0.136. The number of amides is 2. The third kappa shape index (κ3) is 7.07. The summed E-state index contributed by atoms with van der Waals surface area (Å²) in [5, 5.41) is 3.77. The van der Waals surface area contributed by atoms with E-state index in [2.05, 4.69) is 42.3 Å². The highest BCUT2D eigenvalue weighted by atomic mass is 79.9. The fraction of sp³-hybridized carbons (Fsp3) is 0.412. The summed E-state index contributed by atoms with van der Waals surface area (Å²) in [7, 11) is 1.64. The van der Waals surface area contributed by atoms with E-state index in [9.17, 15) is 14.4 Å². The molecule has 9 nitrogen and oxygen atoms in total. The zero-order valence-corrected chi connectivity index (χ0v) is 27.4. The molecule has 5 rings (SSSR count). The van der Waals surface area contributed by atoms with Crippen molar-refractivity contribution in [2.24, 2.45) is 0 Å². The Kier molecular flexibility index (Phi) is 9.88. The molecular weight excluding hydrogens is 620 g/mol.